The van der Waals surface area contributed by atoms with Crippen LogP contribution in [0.2, 0.25) is 0 Å². The normalized spacial score (nSPS) is 11.4. The van der Waals surface area contributed by atoms with Crippen molar-refractivity contribution in [3.05, 3.63) is 0 Å². The van der Waals surface area contributed by atoms with Gasteiger partial charge in [0.2, 0.25) is 0 Å². The lowest BCUT2D eigenvalue weighted by atomic mass is 10.8. The number of hydrogen-bond acceptors (Lipinski definition) is 3. The van der Waals surface area contributed by atoms with Gasteiger partial charge in [-0.3, -0.25) is 4.99 Å². The van der Waals surface area contributed by atoms with E-state index in [1.807, 2.05) is 34.6 Å². The van der Waals surface area contributed by atoms with Crippen molar-refractivity contribution < 1.29 is 4.74 Å². The van der Waals surface area contributed by atoms with Crippen molar-refractivity contribution in [3.8, 4) is 0 Å². The molecule has 0 aliphatic carbocycles. The molecule has 1 aliphatic heterocycles. The van der Waals surface area contributed by atoms with Crippen molar-refractivity contribution >= 4 is 18.5 Å². The van der Waals surface area contributed by atoms with E-state index in [9.17, 15) is 0 Å². The molecule has 0 spiro atoms. The van der Waals surface area contributed by atoms with E-state index in [0.29, 0.717) is 0 Å². The summed E-state index contributed by atoms with van der Waals surface area (Å²) >= 11 is 3.53. The Morgan fingerprint density at radius 1 is 1.17 bits per heavy atom. The molecule has 0 aromatic heterocycles. The molecule has 2 nitrogen and oxygen atoms in total. The van der Waals surface area contributed by atoms with Gasteiger partial charge in [0.25, 0.3) is 0 Å². The van der Waals surface area contributed by atoms with Crippen LogP contribution in [-0.4, -0.2) is 25.3 Å². The van der Waals surface area contributed by atoms with Crippen LogP contribution < -0.4 is 0 Å². The van der Waals surface area contributed by atoms with E-state index in [0.717, 1.165) is 19.0 Å². The van der Waals surface area contributed by atoms with E-state index < -0.39 is 0 Å². The summed E-state index contributed by atoms with van der Waals surface area (Å²) in [6.07, 6.45) is 1.69. The largest absolute Gasteiger partial charge is 0.479 e. The molecular formula is C9H23NOS. The molecule has 0 aromatic rings. The summed E-state index contributed by atoms with van der Waals surface area (Å²) < 4.78 is 4.90. The van der Waals surface area contributed by atoms with Gasteiger partial charge in [-0.25, -0.2) is 0 Å². The number of ether oxygens (including phenoxy) is 1. The maximum atomic E-state index is 4.90. The van der Waals surface area contributed by atoms with Crippen molar-refractivity contribution in [1.82, 2.24) is 0 Å². The molecule has 76 valence electrons. The zero-order valence-corrected chi connectivity index (χ0v) is 10.1. The van der Waals surface area contributed by atoms with Crippen LogP contribution in [0.25, 0.3) is 0 Å². The second-order valence-corrected chi connectivity index (χ2v) is 1.25. The van der Waals surface area contributed by atoms with Crippen molar-refractivity contribution in [2.45, 2.75) is 34.6 Å². The fourth-order valence-electron chi connectivity index (χ4n) is 0.442. The van der Waals surface area contributed by atoms with Gasteiger partial charge in [-0.1, -0.05) is 27.7 Å². The number of nitrogens with zero attached hydrogens (tertiary/aromatic N) is 1. The third kappa shape index (κ3) is 16.4. The number of hydrogen-bond donors (Lipinski definition) is 1. The van der Waals surface area contributed by atoms with E-state index in [1.54, 1.807) is 6.26 Å². The highest BCUT2D eigenvalue weighted by Crippen LogP contribution is 1.89. The molecule has 0 aromatic carbocycles. The molecule has 0 amide bonds. The van der Waals surface area contributed by atoms with Crippen LogP contribution in [0, 0.1) is 0 Å². The molecule has 0 N–H and O–H groups in total. The Morgan fingerprint density at radius 2 is 1.58 bits per heavy atom. The average Bonchev–Trinajstić information content (AvgIpc) is 2.66. The van der Waals surface area contributed by atoms with Gasteiger partial charge in [0, 0.05) is 6.92 Å². The molecule has 1 rings (SSSR count). The lowest BCUT2D eigenvalue weighted by Crippen LogP contribution is -1.89. The molecule has 1 aliphatic rings. The topological polar surface area (TPSA) is 21.6 Å². The quantitative estimate of drug-likeness (QED) is 0.587. The summed E-state index contributed by atoms with van der Waals surface area (Å²) in [5, 5.41) is 0. The Balaban J connectivity index is -0.000000117. The maximum Gasteiger partial charge on any atom is 0.180 e. The molecule has 0 saturated heterocycles. The van der Waals surface area contributed by atoms with E-state index in [-0.39, 0.29) is 0 Å². The highest BCUT2D eigenvalue weighted by molar-refractivity contribution is 7.79. The Kier molecular flexibility index (Phi) is 33.3. The number of aliphatic imine (C=N–C) groups is 1. The smallest absolute Gasteiger partial charge is 0.180 e. The van der Waals surface area contributed by atoms with Crippen LogP contribution in [0.3, 0.4) is 0 Å². The first-order valence-electron chi connectivity index (χ1n) is 4.48. The van der Waals surface area contributed by atoms with E-state index in [4.69, 9.17) is 4.74 Å². The van der Waals surface area contributed by atoms with Gasteiger partial charge in [0.05, 0.1) is 6.54 Å². The predicted molar refractivity (Wildman–Crippen MR) is 61.5 cm³/mol. The third-order valence-electron chi connectivity index (χ3n) is 0.737. The summed E-state index contributed by atoms with van der Waals surface area (Å²) in [4.78, 5) is 3.93. The lowest BCUT2D eigenvalue weighted by Gasteiger charge is -1.86. The van der Waals surface area contributed by atoms with Crippen LogP contribution in [0.4, 0.5) is 0 Å². The SMILES string of the molecule is CC.CC.CC1=NCCO1.CS. The molecular weight excluding hydrogens is 170 g/mol. The second kappa shape index (κ2) is 22.4. The van der Waals surface area contributed by atoms with E-state index in [2.05, 4.69) is 17.6 Å². The van der Waals surface area contributed by atoms with Crippen LogP contribution in [0.15, 0.2) is 4.99 Å². The molecule has 1 heterocycles. The molecule has 3 heteroatoms. The Morgan fingerprint density at radius 3 is 1.67 bits per heavy atom. The zero-order chi connectivity index (χ0) is 10.4. The highest BCUT2D eigenvalue weighted by Gasteiger charge is 1.96. The van der Waals surface area contributed by atoms with Crippen LogP contribution in [-0.2, 0) is 4.74 Å². The first-order chi connectivity index (χ1) is 5.89. The van der Waals surface area contributed by atoms with Gasteiger partial charge in [-0.05, 0) is 6.26 Å². The van der Waals surface area contributed by atoms with Gasteiger partial charge < -0.3 is 4.74 Å². The molecule has 0 atom stereocenters. The second-order valence-electron chi connectivity index (χ2n) is 1.25. The first-order valence-corrected chi connectivity index (χ1v) is 5.37. The number of thiol groups is 1. The Hall–Kier alpha value is -0.180. The number of rotatable bonds is 0. The van der Waals surface area contributed by atoms with Crippen molar-refractivity contribution in [2.24, 2.45) is 4.99 Å². The molecule has 0 radical (unpaired) electrons. The summed E-state index contributed by atoms with van der Waals surface area (Å²) in [6.45, 7) is 11.5. The fraction of sp³-hybridized carbons (Fsp3) is 0.889. The van der Waals surface area contributed by atoms with Crippen molar-refractivity contribution in [3.63, 3.8) is 0 Å². The molecule has 0 bridgehead atoms. The van der Waals surface area contributed by atoms with Gasteiger partial charge >= 0.3 is 0 Å². The highest BCUT2D eigenvalue weighted by atomic mass is 32.1. The summed E-state index contributed by atoms with van der Waals surface area (Å²) in [7, 11) is 0. The van der Waals surface area contributed by atoms with Crippen LogP contribution >= 0.6 is 12.6 Å². The zero-order valence-electron chi connectivity index (χ0n) is 9.22. The standard InChI is InChI=1S/C4H7NO.2C2H6.CH4S/c1-4-5-2-3-6-4;3*1-2/h2-3H2,1H3;2*1-2H3;2H,1H3. The molecule has 12 heavy (non-hydrogen) atoms. The minimum absolute atomic E-state index is 0.784. The fourth-order valence-corrected chi connectivity index (χ4v) is 0.442. The predicted octanol–water partition coefficient (Wildman–Crippen LogP) is 3.03. The third-order valence-corrected chi connectivity index (χ3v) is 0.737. The summed E-state index contributed by atoms with van der Waals surface area (Å²) in [6, 6.07) is 0. The summed E-state index contributed by atoms with van der Waals surface area (Å²) in [5.74, 6) is 0.829. The minimum atomic E-state index is 0.784. The van der Waals surface area contributed by atoms with E-state index >= 15 is 0 Å². The average molecular weight is 193 g/mol. The first kappa shape index (κ1) is 17.8. The molecule has 0 fully saturated rings. The van der Waals surface area contributed by atoms with Gasteiger partial charge in [-0.2, -0.15) is 12.6 Å². The van der Waals surface area contributed by atoms with Crippen molar-refractivity contribution in [2.75, 3.05) is 19.4 Å². The van der Waals surface area contributed by atoms with Crippen molar-refractivity contribution in [1.29, 1.82) is 0 Å². The van der Waals surface area contributed by atoms with Crippen LogP contribution in [0.1, 0.15) is 34.6 Å². The molecule has 0 saturated carbocycles. The minimum Gasteiger partial charge on any atom is -0.479 e. The lowest BCUT2D eigenvalue weighted by molar-refractivity contribution is 0.345. The van der Waals surface area contributed by atoms with E-state index in [1.165, 1.54) is 0 Å². The van der Waals surface area contributed by atoms with Crippen LogP contribution in [0.5, 0.6) is 0 Å². The van der Waals surface area contributed by atoms with Gasteiger partial charge in [0.1, 0.15) is 6.61 Å². The monoisotopic (exact) mass is 193 g/mol. The van der Waals surface area contributed by atoms with Gasteiger partial charge in [0.15, 0.2) is 5.90 Å². The Labute approximate surface area is 82.8 Å². The summed E-state index contributed by atoms with van der Waals surface area (Å²) in [5.41, 5.74) is 0. The Bertz CT molecular complexity index is 84.6. The molecule has 0 unspecified atom stereocenters. The van der Waals surface area contributed by atoms with Gasteiger partial charge in [-0.15, -0.1) is 0 Å². The maximum absolute atomic E-state index is 4.90.